The quantitative estimate of drug-likeness (QED) is 0.476. The third-order valence-corrected chi connectivity index (χ3v) is 6.33. The van der Waals surface area contributed by atoms with E-state index in [0.29, 0.717) is 33.1 Å². The third-order valence-electron chi connectivity index (χ3n) is 5.86. The van der Waals surface area contributed by atoms with Crippen LogP contribution in [0.2, 0.25) is 10.0 Å². The summed E-state index contributed by atoms with van der Waals surface area (Å²) in [5.41, 5.74) is 1.26. The molecular formula is C24H24Cl2N2O3. The Balaban J connectivity index is 1.81. The van der Waals surface area contributed by atoms with Crippen LogP contribution in [0.15, 0.2) is 51.7 Å². The van der Waals surface area contributed by atoms with Crippen molar-refractivity contribution < 1.29 is 9.21 Å². The number of hydrogen-bond acceptors (Lipinski definition) is 4. The number of fused-ring (bicyclic) bond motifs is 2. The van der Waals surface area contributed by atoms with E-state index in [1.54, 1.807) is 35.2 Å². The minimum absolute atomic E-state index is 0.104. The Morgan fingerprint density at radius 2 is 1.77 bits per heavy atom. The zero-order chi connectivity index (χ0) is 22.1. The number of nitrogens with zero attached hydrogens (tertiary/aromatic N) is 2. The number of hydrogen-bond donors (Lipinski definition) is 0. The summed E-state index contributed by atoms with van der Waals surface area (Å²) >= 11 is 12.4. The first kappa shape index (κ1) is 21.9. The molecule has 0 saturated heterocycles. The Labute approximate surface area is 191 Å². The molecule has 0 N–H and O–H groups in total. The van der Waals surface area contributed by atoms with Crippen molar-refractivity contribution in [2.45, 2.75) is 26.3 Å². The number of carbonyl (C=O) groups excluding carboxylic acids is 1. The fraction of sp³-hybridized carbons (Fsp3) is 0.333. The van der Waals surface area contributed by atoms with Crippen LogP contribution >= 0.6 is 23.2 Å². The van der Waals surface area contributed by atoms with E-state index in [0.717, 1.165) is 31.6 Å². The molecule has 1 aromatic heterocycles. The molecule has 1 atom stereocenters. The Bertz CT molecular complexity index is 1190. The fourth-order valence-corrected chi connectivity index (χ4v) is 4.62. The first-order valence-electron chi connectivity index (χ1n) is 10.5. The van der Waals surface area contributed by atoms with Crippen LogP contribution in [0.5, 0.6) is 0 Å². The van der Waals surface area contributed by atoms with Crippen molar-refractivity contribution in [3.8, 4) is 0 Å². The summed E-state index contributed by atoms with van der Waals surface area (Å²) in [7, 11) is 0. The third kappa shape index (κ3) is 4.10. The Kier molecular flexibility index (Phi) is 6.37. The normalized spacial score (nSPS) is 15.8. The van der Waals surface area contributed by atoms with Crippen molar-refractivity contribution in [1.29, 1.82) is 0 Å². The van der Waals surface area contributed by atoms with E-state index in [2.05, 4.69) is 18.7 Å². The van der Waals surface area contributed by atoms with Crippen molar-refractivity contribution >= 4 is 40.1 Å². The molecule has 1 aliphatic rings. The van der Waals surface area contributed by atoms with Crippen LogP contribution < -0.4 is 5.43 Å². The van der Waals surface area contributed by atoms with Gasteiger partial charge in [0, 0.05) is 16.6 Å². The second kappa shape index (κ2) is 9.03. The molecule has 0 fully saturated rings. The Morgan fingerprint density at radius 1 is 1.03 bits per heavy atom. The maximum Gasteiger partial charge on any atom is 0.290 e. The summed E-state index contributed by atoms with van der Waals surface area (Å²) in [4.78, 5) is 30.9. The lowest BCUT2D eigenvalue weighted by atomic mass is 9.98. The van der Waals surface area contributed by atoms with Crippen molar-refractivity contribution in [1.82, 2.24) is 9.80 Å². The first-order valence-corrected chi connectivity index (χ1v) is 11.2. The lowest BCUT2D eigenvalue weighted by molar-refractivity contribution is 0.0720. The lowest BCUT2D eigenvalue weighted by Gasteiger charge is -2.26. The zero-order valence-electron chi connectivity index (χ0n) is 17.5. The summed E-state index contributed by atoms with van der Waals surface area (Å²) in [5, 5.41) is 1.37. The molecule has 3 aromatic rings. The lowest BCUT2D eigenvalue weighted by Crippen LogP contribution is -2.33. The summed E-state index contributed by atoms with van der Waals surface area (Å²) in [6.45, 7) is 7.52. The van der Waals surface area contributed by atoms with E-state index in [1.807, 2.05) is 12.1 Å². The van der Waals surface area contributed by atoms with Crippen LogP contribution in [0, 0.1) is 0 Å². The number of rotatable bonds is 7. The SMILES string of the molecule is CCN(CC)CCCN1C(=O)c2oc3ccc(Cl)cc3c(=O)c2[C@H]1c1cccc(Cl)c1. The van der Waals surface area contributed by atoms with E-state index in [-0.39, 0.29) is 17.1 Å². The second-order valence-electron chi connectivity index (χ2n) is 7.65. The molecule has 1 amide bonds. The molecule has 0 spiro atoms. The van der Waals surface area contributed by atoms with Crippen molar-refractivity contribution in [2.75, 3.05) is 26.2 Å². The van der Waals surface area contributed by atoms with Crippen LogP contribution in [0.4, 0.5) is 0 Å². The number of benzene rings is 2. The summed E-state index contributed by atoms with van der Waals surface area (Å²) < 4.78 is 5.94. The molecule has 2 heterocycles. The molecule has 0 radical (unpaired) electrons. The van der Waals surface area contributed by atoms with Crippen LogP contribution in [0.3, 0.4) is 0 Å². The van der Waals surface area contributed by atoms with Crippen molar-refractivity contribution in [3.05, 3.63) is 79.6 Å². The molecular weight excluding hydrogens is 435 g/mol. The molecule has 5 nitrogen and oxygen atoms in total. The molecule has 0 unspecified atom stereocenters. The molecule has 162 valence electrons. The predicted molar refractivity (Wildman–Crippen MR) is 124 cm³/mol. The summed E-state index contributed by atoms with van der Waals surface area (Å²) in [6, 6.07) is 11.6. The minimum Gasteiger partial charge on any atom is -0.450 e. The average molecular weight is 459 g/mol. The van der Waals surface area contributed by atoms with Gasteiger partial charge in [-0.25, -0.2) is 0 Å². The zero-order valence-corrected chi connectivity index (χ0v) is 19.0. The maximum absolute atomic E-state index is 13.5. The van der Waals surface area contributed by atoms with Gasteiger partial charge in [-0.15, -0.1) is 0 Å². The predicted octanol–water partition coefficient (Wildman–Crippen LogP) is 5.38. The van der Waals surface area contributed by atoms with E-state index in [4.69, 9.17) is 27.6 Å². The van der Waals surface area contributed by atoms with Gasteiger partial charge in [-0.05, 0) is 62.0 Å². The van der Waals surface area contributed by atoms with Gasteiger partial charge in [0.15, 0.2) is 5.43 Å². The van der Waals surface area contributed by atoms with Crippen LogP contribution in [-0.2, 0) is 0 Å². The summed E-state index contributed by atoms with van der Waals surface area (Å²) in [6.07, 6.45) is 0.790. The molecule has 0 aliphatic carbocycles. The van der Waals surface area contributed by atoms with Gasteiger partial charge in [0.1, 0.15) is 5.58 Å². The maximum atomic E-state index is 13.5. The van der Waals surface area contributed by atoms with E-state index >= 15 is 0 Å². The van der Waals surface area contributed by atoms with Crippen molar-refractivity contribution in [3.63, 3.8) is 0 Å². The largest absolute Gasteiger partial charge is 0.450 e. The van der Waals surface area contributed by atoms with E-state index < -0.39 is 6.04 Å². The Morgan fingerprint density at radius 3 is 2.48 bits per heavy atom. The molecule has 31 heavy (non-hydrogen) atoms. The fourth-order valence-electron chi connectivity index (χ4n) is 4.25. The number of amides is 1. The monoisotopic (exact) mass is 458 g/mol. The van der Waals surface area contributed by atoms with Crippen molar-refractivity contribution in [2.24, 2.45) is 0 Å². The van der Waals surface area contributed by atoms with Gasteiger partial charge in [0.05, 0.1) is 17.0 Å². The smallest absolute Gasteiger partial charge is 0.290 e. The molecule has 2 aromatic carbocycles. The average Bonchev–Trinajstić information content (AvgIpc) is 3.04. The van der Waals surface area contributed by atoms with Crippen LogP contribution in [-0.4, -0.2) is 41.9 Å². The van der Waals surface area contributed by atoms with Gasteiger partial charge in [-0.1, -0.05) is 49.2 Å². The highest BCUT2D eigenvalue weighted by atomic mass is 35.5. The molecule has 0 bridgehead atoms. The number of carbonyl (C=O) groups is 1. The molecule has 7 heteroatoms. The van der Waals surface area contributed by atoms with Crippen LogP contribution in [0.25, 0.3) is 11.0 Å². The second-order valence-corrected chi connectivity index (χ2v) is 8.52. The standard InChI is InChI=1S/C24H24Cl2N2O3/c1-3-27(4-2)11-6-12-28-21(15-7-5-8-16(25)13-15)20-22(29)18-14-17(26)9-10-19(18)31-23(20)24(28)30/h5,7-10,13-14,21H,3-4,6,11-12H2,1-2H3/t21-/m1/s1. The molecule has 4 rings (SSSR count). The van der Waals surface area contributed by atoms with Gasteiger partial charge >= 0.3 is 0 Å². The van der Waals surface area contributed by atoms with Gasteiger partial charge < -0.3 is 14.2 Å². The first-order chi connectivity index (χ1) is 14.9. The number of halogens is 2. The highest BCUT2D eigenvalue weighted by Crippen LogP contribution is 2.39. The van der Waals surface area contributed by atoms with Crippen LogP contribution in [0.1, 0.15) is 48.0 Å². The van der Waals surface area contributed by atoms with Gasteiger partial charge in [-0.3, -0.25) is 9.59 Å². The van der Waals surface area contributed by atoms with E-state index in [1.165, 1.54) is 0 Å². The Hall–Kier alpha value is -2.34. The van der Waals surface area contributed by atoms with Gasteiger partial charge in [0.2, 0.25) is 5.76 Å². The highest BCUT2D eigenvalue weighted by molar-refractivity contribution is 6.31. The topological polar surface area (TPSA) is 53.8 Å². The van der Waals surface area contributed by atoms with E-state index in [9.17, 15) is 9.59 Å². The van der Waals surface area contributed by atoms with Gasteiger partial charge in [0.25, 0.3) is 5.91 Å². The summed E-state index contributed by atoms with van der Waals surface area (Å²) in [5.74, 6) is -0.166. The minimum atomic E-state index is -0.544. The highest BCUT2D eigenvalue weighted by Gasteiger charge is 2.42. The van der Waals surface area contributed by atoms with Gasteiger partial charge in [-0.2, -0.15) is 0 Å². The molecule has 1 aliphatic heterocycles. The molecule has 0 saturated carbocycles.